The Balaban J connectivity index is -0.000000502. The number of hydrogen-bond donors (Lipinski definition) is 1. The van der Waals surface area contributed by atoms with Crippen LogP contribution in [-0.2, 0) is 12.8 Å². The Morgan fingerprint density at radius 1 is 0.875 bits per heavy atom. The molecule has 0 aliphatic heterocycles. The minimum Gasteiger partial charge on any atom is -0.372 e. The van der Waals surface area contributed by atoms with Gasteiger partial charge in [0.15, 0.2) is 0 Å². The molecular weight excluding hydrogens is 484 g/mol. The van der Waals surface area contributed by atoms with Crippen molar-refractivity contribution in [2.24, 2.45) is 0 Å². The van der Waals surface area contributed by atoms with Crippen LogP contribution in [0.25, 0.3) is 0 Å². The van der Waals surface area contributed by atoms with Gasteiger partial charge in [-0.1, -0.05) is 107 Å². The van der Waals surface area contributed by atoms with Gasteiger partial charge in [-0.2, -0.15) is 0 Å². The van der Waals surface area contributed by atoms with Crippen LogP contribution in [0.2, 0.25) is 0 Å². The molecule has 1 N–H and O–H groups in total. The average Bonchev–Trinajstić information content (AvgIpc) is 2.97. The molecule has 0 aliphatic rings. The van der Waals surface area contributed by atoms with E-state index in [1.165, 1.54) is 40.7 Å². The second kappa shape index (κ2) is 28.7. The molecule has 0 saturated heterocycles. The van der Waals surface area contributed by atoms with Crippen molar-refractivity contribution in [2.45, 2.75) is 94.4 Å². The Labute approximate surface area is 250 Å². The van der Waals surface area contributed by atoms with E-state index in [1.807, 2.05) is 6.92 Å². The molecule has 2 nitrogen and oxygen atoms in total. The maximum absolute atomic E-state index is 4.25. The minimum atomic E-state index is 0.994. The lowest BCUT2D eigenvalue weighted by Crippen LogP contribution is -2.25. The van der Waals surface area contributed by atoms with E-state index in [9.17, 15) is 0 Å². The molecule has 0 bridgehead atoms. The molecule has 40 heavy (non-hydrogen) atoms. The van der Waals surface area contributed by atoms with Crippen molar-refractivity contribution in [3.8, 4) is 0 Å². The summed E-state index contributed by atoms with van der Waals surface area (Å²) in [5.74, 6) is 0. The van der Waals surface area contributed by atoms with E-state index < -0.39 is 0 Å². The summed E-state index contributed by atoms with van der Waals surface area (Å²) in [4.78, 5) is 2.36. The number of rotatable bonds is 11. The van der Waals surface area contributed by atoms with Crippen LogP contribution in [0.4, 0.5) is 0 Å². The molecule has 0 atom stereocenters. The van der Waals surface area contributed by atoms with Gasteiger partial charge in [-0.05, 0) is 88.8 Å². The number of allylic oxidation sites excluding steroid dienone is 3. The van der Waals surface area contributed by atoms with Crippen molar-refractivity contribution in [2.75, 3.05) is 13.1 Å². The Morgan fingerprint density at radius 3 is 1.80 bits per heavy atom. The number of likely N-dealkylation sites (N-methyl/N-ethyl adjacent to an activating group) is 1. The molecular formula is C38H62N2. The number of benzene rings is 2. The maximum atomic E-state index is 4.25. The first kappa shape index (κ1) is 41.2. The number of nitrogens with zero attached hydrogens (tertiary/aromatic N) is 1. The summed E-state index contributed by atoms with van der Waals surface area (Å²) in [6.45, 7) is 38.6. The van der Waals surface area contributed by atoms with Crippen LogP contribution in [0.1, 0.15) is 90.0 Å². The van der Waals surface area contributed by atoms with Gasteiger partial charge in [0.25, 0.3) is 0 Å². The molecule has 0 radical (unpaired) electrons. The van der Waals surface area contributed by atoms with Gasteiger partial charge in [0, 0.05) is 24.5 Å². The van der Waals surface area contributed by atoms with Gasteiger partial charge in [0.05, 0.1) is 0 Å². The fourth-order valence-electron chi connectivity index (χ4n) is 3.78. The molecule has 0 unspecified atom stereocenters. The zero-order valence-electron chi connectivity index (χ0n) is 27.7. The minimum absolute atomic E-state index is 0.994. The van der Waals surface area contributed by atoms with E-state index in [1.54, 1.807) is 12.3 Å². The average molecular weight is 547 g/mol. The van der Waals surface area contributed by atoms with Crippen molar-refractivity contribution < 1.29 is 0 Å². The lowest BCUT2D eigenvalue weighted by Gasteiger charge is -2.27. The van der Waals surface area contributed by atoms with Crippen LogP contribution < -0.4 is 5.32 Å². The van der Waals surface area contributed by atoms with E-state index in [-0.39, 0.29) is 0 Å². The zero-order chi connectivity index (χ0) is 31.3. The fraction of sp³-hybridized carbons (Fsp3) is 0.421. The molecule has 2 aromatic rings. The SMILES string of the molecule is C=C.C=CC.C=CN/C(C)=C(/CC)C(=C)N(CC)CCCC.CCc1ccc(C)cc1.CCc1ccccc1C. The summed E-state index contributed by atoms with van der Waals surface area (Å²) < 4.78 is 0. The molecule has 0 amide bonds. The highest BCUT2D eigenvalue weighted by molar-refractivity contribution is 5.31. The third-order valence-electron chi connectivity index (χ3n) is 6.19. The van der Waals surface area contributed by atoms with E-state index in [2.05, 4.69) is 147 Å². The van der Waals surface area contributed by atoms with Gasteiger partial charge >= 0.3 is 0 Å². The number of nitrogens with one attached hydrogen (secondary N) is 1. The largest absolute Gasteiger partial charge is 0.372 e. The van der Waals surface area contributed by atoms with Crippen molar-refractivity contribution in [1.29, 1.82) is 0 Å². The zero-order valence-corrected chi connectivity index (χ0v) is 27.7. The highest BCUT2D eigenvalue weighted by Gasteiger charge is 2.11. The van der Waals surface area contributed by atoms with Gasteiger partial charge in [-0.3, -0.25) is 0 Å². The normalized spacial score (nSPS) is 9.72. The van der Waals surface area contributed by atoms with Crippen molar-refractivity contribution in [3.05, 3.63) is 133 Å². The summed E-state index contributed by atoms with van der Waals surface area (Å²) in [5, 5.41) is 3.17. The molecule has 0 aromatic heterocycles. The first-order valence-corrected chi connectivity index (χ1v) is 14.9. The molecule has 0 fully saturated rings. The lowest BCUT2D eigenvalue weighted by atomic mass is 10.1. The summed E-state index contributed by atoms with van der Waals surface area (Å²) >= 11 is 0. The Hall–Kier alpha value is -3.26. The third-order valence-corrected chi connectivity index (χ3v) is 6.19. The van der Waals surface area contributed by atoms with Gasteiger partial charge in [0.2, 0.25) is 0 Å². The second-order valence-electron chi connectivity index (χ2n) is 9.21. The molecule has 224 valence electrons. The highest BCUT2D eigenvalue weighted by atomic mass is 15.1. The standard InChI is InChI=1S/C15H28N2.2C9H12.C3H6.C2H4/c1-7-11-12-17(10-4)14(6)15(8-2)13(5)16-9-3;1-3-9-6-4-8(2)5-7-9;1-3-9-7-5-4-6-8(9)2;1-3-2;1-2/h9,16H,3,6-8,10-12H2,1-2,4-5H3;2*4-7H,3H2,1-2H3;3H,1H2,2H3;1-2H2/b15-13-;;;;. The lowest BCUT2D eigenvalue weighted by molar-refractivity contribution is 0.359. The quantitative estimate of drug-likeness (QED) is 0.223. The van der Waals surface area contributed by atoms with Crippen LogP contribution in [0.3, 0.4) is 0 Å². The molecule has 2 aromatic carbocycles. The van der Waals surface area contributed by atoms with Crippen LogP contribution in [0.15, 0.2) is 111 Å². The molecule has 0 aliphatic carbocycles. The van der Waals surface area contributed by atoms with Crippen molar-refractivity contribution in [1.82, 2.24) is 10.2 Å². The molecule has 0 saturated carbocycles. The predicted octanol–water partition coefficient (Wildman–Crippen LogP) is 11.1. The molecule has 0 spiro atoms. The first-order chi connectivity index (χ1) is 19.2. The molecule has 2 heteroatoms. The Bertz CT molecular complexity index is 934. The Morgan fingerprint density at radius 2 is 1.43 bits per heavy atom. The number of hydrogen-bond acceptors (Lipinski definition) is 2. The molecule has 0 heterocycles. The van der Waals surface area contributed by atoms with Crippen LogP contribution in [0.5, 0.6) is 0 Å². The van der Waals surface area contributed by atoms with Crippen LogP contribution >= 0.6 is 0 Å². The van der Waals surface area contributed by atoms with Crippen LogP contribution in [-0.4, -0.2) is 18.0 Å². The summed E-state index contributed by atoms with van der Waals surface area (Å²) in [6.07, 6.45) is 9.19. The van der Waals surface area contributed by atoms with E-state index in [4.69, 9.17) is 0 Å². The monoisotopic (exact) mass is 546 g/mol. The van der Waals surface area contributed by atoms with Crippen molar-refractivity contribution in [3.63, 3.8) is 0 Å². The van der Waals surface area contributed by atoms with E-state index in [0.717, 1.165) is 43.7 Å². The number of unbranched alkanes of at least 4 members (excludes halogenated alkanes) is 1. The fourth-order valence-corrected chi connectivity index (χ4v) is 3.78. The van der Waals surface area contributed by atoms with E-state index >= 15 is 0 Å². The third kappa shape index (κ3) is 19.8. The predicted molar refractivity (Wildman–Crippen MR) is 186 cm³/mol. The summed E-state index contributed by atoms with van der Waals surface area (Å²) in [5.41, 5.74) is 9.21. The highest BCUT2D eigenvalue weighted by Crippen LogP contribution is 2.20. The molecule has 2 rings (SSSR count). The summed E-state index contributed by atoms with van der Waals surface area (Å²) in [6, 6.07) is 17.1. The first-order valence-electron chi connectivity index (χ1n) is 14.9. The second-order valence-corrected chi connectivity index (χ2v) is 9.21. The summed E-state index contributed by atoms with van der Waals surface area (Å²) in [7, 11) is 0. The topological polar surface area (TPSA) is 15.3 Å². The Kier molecular flexibility index (Phi) is 29.6. The van der Waals surface area contributed by atoms with Crippen molar-refractivity contribution >= 4 is 0 Å². The van der Waals surface area contributed by atoms with Gasteiger partial charge < -0.3 is 10.2 Å². The van der Waals surface area contributed by atoms with Gasteiger partial charge in [-0.25, -0.2) is 0 Å². The maximum Gasteiger partial charge on any atom is 0.0342 e. The van der Waals surface area contributed by atoms with Crippen LogP contribution in [0, 0.1) is 13.8 Å². The van der Waals surface area contributed by atoms with Gasteiger partial charge in [0.1, 0.15) is 0 Å². The van der Waals surface area contributed by atoms with Gasteiger partial charge in [-0.15, -0.1) is 19.7 Å². The number of aryl methyl sites for hydroxylation is 4. The van der Waals surface area contributed by atoms with E-state index in [0.29, 0.717) is 0 Å². The smallest absolute Gasteiger partial charge is 0.0342 e.